The van der Waals surface area contributed by atoms with Crippen molar-refractivity contribution >= 4 is 14.8 Å². The zero-order valence-corrected chi connectivity index (χ0v) is 9.03. The maximum absolute atomic E-state index is 11.3. The highest BCUT2D eigenvalue weighted by Crippen LogP contribution is 2.32. The minimum absolute atomic E-state index is 0.280. The van der Waals surface area contributed by atoms with Crippen molar-refractivity contribution < 1.29 is 22.8 Å². The molecule has 1 aliphatic rings. The first kappa shape index (κ1) is 10.6. The second-order valence-corrected chi connectivity index (χ2v) is 5.85. The van der Waals surface area contributed by atoms with E-state index in [1.807, 2.05) is 0 Å². The van der Waals surface area contributed by atoms with Gasteiger partial charge in [-0.3, -0.25) is 4.79 Å². The van der Waals surface area contributed by atoms with Gasteiger partial charge in [-0.25, -0.2) is 0 Å². The molecule has 1 rings (SSSR count). The molecule has 5 nitrogen and oxygen atoms in total. The molecule has 13 heavy (non-hydrogen) atoms. The molecular weight excluding hydrogens is 192 g/mol. The first-order valence-corrected chi connectivity index (χ1v) is 5.82. The molecule has 1 heterocycles. The van der Waals surface area contributed by atoms with Crippen molar-refractivity contribution in [1.29, 1.82) is 0 Å². The van der Waals surface area contributed by atoms with E-state index in [1.54, 1.807) is 0 Å². The molecule has 1 aliphatic heterocycles. The van der Waals surface area contributed by atoms with Crippen LogP contribution in [0.3, 0.4) is 0 Å². The normalized spacial score (nSPS) is 23.3. The number of carbonyl (C=O) groups is 1. The Kier molecular flexibility index (Phi) is 3.43. The van der Waals surface area contributed by atoms with E-state index >= 15 is 0 Å². The van der Waals surface area contributed by atoms with E-state index in [0.29, 0.717) is 13.0 Å². The fraction of sp³-hybridized carbons (Fsp3) is 0.857. The molecule has 0 aromatic heterocycles. The Bertz CT molecular complexity index is 183. The van der Waals surface area contributed by atoms with E-state index in [4.69, 9.17) is 18.0 Å². The van der Waals surface area contributed by atoms with E-state index in [9.17, 15) is 4.79 Å². The summed E-state index contributed by atoms with van der Waals surface area (Å²) in [5.41, 5.74) is -0.368. The topological polar surface area (TPSA) is 54.0 Å². The van der Waals surface area contributed by atoms with Gasteiger partial charge in [-0.1, -0.05) is 0 Å². The van der Waals surface area contributed by atoms with E-state index in [-0.39, 0.29) is 11.5 Å². The molecule has 0 amide bonds. The smallest absolute Gasteiger partial charge is 0.465 e. The summed E-state index contributed by atoms with van der Waals surface area (Å²) in [7, 11) is 1.65. The Balaban J connectivity index is 2.79. The van der Waals surface area contributed by atoms with Crippen LogP contribution < -0.4 is 0 Å². The third-order valence-electron chi connectivity index (χ3n) is 2.22. The highest BCUT2D eigenvalue weighted by atomic mass is 28.4. The van der Waals surface area contributed by atoms with Gasteiger partial charge in [0.05, 0.1) is 6.61 Å². The second kappa shape index (κ2) is 4.19. The minimum atomic E-state index is -2.82. The molecule has 0 radical (unpaired) electrons. The van der Waals surface area contributed by atoms with Gasteiger partial charge in [0.1, 0.15) is 5.54 Å². The van der Waals surface area contributed by atoms with Crippen molar-refractivity contribution in [1.82, 2.24) is 0 Å². The fourth-order valence-electron chi connectivity index (χ4n) is 1.49. The van der Waals surface area contributed by atoms with Crippen molar-refractivity contribution in [2.75, 3.05) is 27.9 Å². The lowest BCUT2D eigenvalue weighted by atomic mass is 10.4. The van der Waals surface area contributed by atoms with Crippen LogP contribution in [0.25, 0.3) is 0 Å². The minimum Gasteiger partial charge on any atom is -0.465 e. The van der Waals surface area contributed by atoms with Crippen LogP contribution in [0.1, 0.15) is 6.42 Å². The standard InChI is InChI=1S/C7H14O5Si/c1-9-13(10-2,11-3)6-4-5-12-7(6)8/h6H,4-5H2,1-3H3. The van der Waals surface area contributed by atoms with Crippen molar-refractivity contribution in [3.63, 3.8) is 0 Å². The molecule has 0 aromatic carbocycles. The molecule has 1 atom stereocenters. The van der Waals surface area contributed by atoms with Crippen LogP contribution in [0.2, 0.25) is 5.54 Å². The fourth-order valence-corrected chi connectivity index (χ4v) is 3.69. The molecule has 76 valence electrons. The molecule has 1 unspecified atom stereocenters. The molecule has 0 saturated carbocycles. The summed E-state index contributed by atoms with van der Waals surface area (Å²) in [6.45, 7) is 0.425. The Hall–Kier alpha value is -0.433. The summed E-state index contributed by atoms with van der Waals surface area (Å²) in [6, 6.07) is 0. The number of esters is 1. The van der Waals surface area contributed by atoms with Crippen LogP contribution >= 0.6 is 0 Å². The van der Waals surface area contributed by atoms with Gasteiger partial charge in [0, 0.05) is 21.3 Å². The average Bonchev–Trinajstić information content (AvgIpc) is 2.57. The number of ether oxygens (including phenoxy) is 1. The number of hydrogen-bond donors (Lipinski definition) is 0. The molecule has 1 fully saturated rings. The molecule has 0 aromatic rings. The zero-order chi connectivity index (χ0) is 9.90. The van der Waals surface area contributed by atoms with Gasteiger partial charge in [0.15, 0.2) is 0 Å². The Morgan fingerprint density at radius 2 is 1.85 bits per heavy atom. The Labute approximate surface area is 78.3 Å². The largest absolute Gasteiger partial charge is 0.515 e. The maximum Gasteiger partial charge on any atom is 0.515 e. The Morgan fingerprint density at radius 1 is 1.31 bits per heavy atom. The molecule has 6 heteroatoms. The SMILES string of the molecule is CO[Si](OC)(OC)C1CCOC1=O. The van der Waals surface area contributed by atoms with Gasteiger partial charge in [0.2, 0.25) is 0 Å². The molecule has 0 spiro atoms. The van der Waals surface area contributed by atoms with E-state index in [1.165, 1.54) is 21.3 Å². The summed E-state index contributed by atoms with van der Waals surface area (Å²) in [4.78, 5) is 11.3. The van der Waals surface area contributed by atoms with Crippen LogP contribution in [0.15, 0.2) is 0 Å². The number of cyclic esters (lactones) is 1. The average molecular weight is 206 g/mol. The summed E-state index contributed by atoms with van der Waals surface area (Å²) in [5, 5.41) is 0. The number of carbonyl (C=O) groups excluding carboxylic acids is 1. The number of hydrogen-bond acceptors (Lipinski definition) is 5. The summed E-state index contributed by atoms with van der Waals surface area (Å²) < 4.78 is 20.4. The summed E-state index contributed by atoms with van der Waals surface area (Å²) in [6.07, 6.45) is 0.612. The highest BCUT2D eigenvalue weighted by Gasteiger charge is 2.54. The van der Waals surface area contributed by atoms with Crippen molar-refractivity contribution in [3.05, 3.63) is 0 Å². The second-order valence-electron chi connectivity index (χ2n) is 2.72. The lowest BCUT2D eigenvalue weighted by Crippen LogP contribution is -2.49. The van der Waals surface area contributed by atoms with E-state index < -0.39 is 8.80 Å². The van der Waals surface area contributed by atoms with Gasteiger partial charge in [-0.15, -0.1) is 0 Å². The first-order chi connectivity index (χ1) is 6.20. The zero-order valence-electron chi connectivity index (χ0n) is 8.03. The van der Waals surface area contributed by atoms with Gasteiger partial charge in [-0.05, 0) is 6.42 Å². The summed E-state index contributed by atoms with van der Waals surface area (Å²) >= 11 is 0. The van der Waals surface area contributed by atoms with E-state index in [2.05, 4.69) is 0 Å². The van der Waals surface area contributed by atoms with E-state index in [0.717, 1.165) is 0 Å². The van der Waals surface area contributed by atoms with Gasteiger partial charge >= 0.3 is 14.8 Å². The van der Waals surface area contributed by atoms with Crippen molar-refractivity contribution in [2.45, 2.75) is 12.0 Å². The summed E-state index contributed by atoms with van der Waals surface area (Å²) in [5.74, 6) is -0.280. The quantitative estimate of drug-likeness (QED) is 0.485. The van der Waals surface area contributed by atoms with Gasteiger partial charge in [-0.2, -0.15) is 0 Å². The predicted octanol–water partition coefficient (Wildman–Crippen LogP) is 0.182. The monoisotopic (exact) mass is 206 g/mol. The van der Waals surface area contributed by atoms with Crippen LogP contribution in [-0.4, -0.2) is 42.7 Å². The van der Waals surface area contributed by atoms with Gasteiger partial charge < -0.3 is 18.0 Å². The van der Waals surface area contributed by atoms with Gasteiger partial charge in [0.25, 0.3) is 0 Å². The van der Waals surface area contributed by atoms with Crippen LogP contribution in [-0.2, 0) is 22.8 Å². The third-order valence-corrected chi connectivity index (χ3v) is 5.30. The molecule has 1 saturated heterocycles. The van der Waals surface area contributed by atoms with Crippen LogP contribution in [0.4, 0.5) is 0 Å². The molecule has 0 bridgehead atoms. The third kappa shape index (κ3) is 1.75. The highest BCUT2D eigenvalue weighted by molar-refractivity contribution is 6.66. The molecule has 0 N–H and O–H groups in total. The predicted molar refractivity (Wildman–Crippen MR) is 46.1 cm³/mol. The van der Waals surface area contributed by atoms with Crippen molar-refractivity contribution in [3.8, 4) is 0 Å². The van der Waals surface area contributed by atoms with Crippen molar-refractivity contribution in [2.24, 2.45) is 0 Å². The number of rotatable bonds is 4. The maximum atomic E-state index is 11.3. The molecular formula is C7H14O5Si. The Morgan fingerprint density at radius 3 is 2.15 bits per heavy atom. The molecule has 0 aliphatic carbocycles. The first-order valence-electron chi connectivity index (χ1n) is 4.02. The van der Waals surface area contributed by atoms with Crippen LogP contribution in [0.5, 0.6) is 0 Å². The van der Waals surface area contributed by atoms with Crippen LogP contribution in [0, 0.1) is 0 Å². The lowest BCUT2D eigenvalue weighted by Gasteiger charge is -2.27. The lowest BCUT2D eigenvalue weighted by molar-refractivity contribution is -0.139.